The Balaban J connectivity index is 2.14. The van der Waals surface area contributed by atoms with E-state index in [0.717, 1.165) is 0 Å². The van der Waals surface area contributed by atoms with Crippen LogP contribution < -0.4 is 4.72 Å². The molecule has 4 nitrogen and oxygen atoms in total. The quantitative estimate of drug-likeness (QED) is 0.779. The zero-order valence-corrected chi connectivity index (χ0v) is 11.8. The number of aromatic hydroxyl groups is 1. The molecule has 3 aromatic carbocycles. The normalized spacial score (nSPS) is 11.4. The average molecular weight is 299 g/mol. The lowest BCUT2D eigenvalue weighted by Gasteiger charge is -2.11. The molecule has 0 aliphatic heterocycles. The molecule has 3 aromatic rings. The van der Waals surface area contributed by atoms with E-state index in [1.165, 1.54) is 12.1 Å². The van der Waals surface area contributed by atoms with E-state index >= 15 is 0 Å². The molecule has 0 unspecified atom stereocenters. The number of sulfonamides is 1. The number of para-hydroxylation sites is 1. The van der Waals surface area contributed by atoms with Crippen LogP contribution in [-0.4, -0.2) is 13.5 Å². The molecule has 3 rings (SSSR count). The van der Waals surface area contributed by atoms with Crippen LogP contribution >= 0.6 is 0 Å². The molecule has 0 fully saturated rings. The maximum Gasteiger partial charge on any atom is 0.262 e. The molecule has 2 N–H and O–H groups in total. The van der Waals surface area contributed by atoms with Crippen molar-refractivity contribution in [3.63, 3.8) is 0 Å². The summed E-state index contributed by atoms with van der Waals surface area (Å²) in [5.74, 6) is 0.0595. The van der Waals surface area contributed by atoms with Crippen LogP contribution in [-0.2, 0) is 10.0 Å². The highest BCUT2D eigenvalue weighted by molar-refractivity contribution is 7.93. The largest absolute Gasteiger partial charge is 0.507 e. The fourth-order valence-corrected chi connectivity index (χ4v) is 3.50. The van der Waals surface area contributed by atoms with Crippen LogP contribution in [0.4, 0.5) is 5.69 Å². The summed E-state index contributed by atoms with van der Waals surface area (Å²) < 4.78 is 27.6. The Morgan fingerprint density at radius 2 is 1.43 bits per heavy atom. The molecule has 0 amide bonds. The second-order valence-corrected chi connectivity index (χ2v) is 6.25. The number of fused-ring (bicyclic) bond motifs is 1. The molecule has 0 heterocycles. The summed E-state index contributed by atoms with van der Waals surface area (Å²) in [6.45, 7) is 0. The highest BCUT2D eigenvalue weighted by atomic mass is 32.2. The second-order valence-electron chi connectivity index (χ2n) is 4.60. The predicted octanol–water partition coefficient (Wildman–Crippen LogP) is 3.35. The minimum atomic E-state index is -3.72. The molecular formula is C16H13NO3S. The maximum atomic E-state index is 12.5. The zero-order valence-electron chi connectivity index (χ0n) is 11.0. The van der Waals surface area contributed by atoms with Crippen molar-refractivity contribution < 1.29 is 13.5 Å². The van der Waals surface area contributed by atoms with Gasteiger partial charge in [0.1, 0.15) is 5.75 Å². The van der Waals surface area contributed by atoms with Gasteiger partial charge in [-0.25, -0.2) is 8.42 Å². The average Bonchev–Trinajstić information content (AvgIpc) is 2.48. The summed E-state index contributed by atoms with van der Waals surface area (Å²) in [5, 5.41) is 10.8. The van der Waals surface area contributed by atoms with Crippen LogP contribution in [0.25, 0.3) is 10.8 Å². The monoisotopic (exact) mass is 299 g/mol. The van der Waals surface area contributed by atoms with Gasteiger partial charge in [0.25, 0.3) is 10.0 Å². The Bertz CT molecular complexity index is 890. The van der Waals surface area contributed by atoms with E-state index in [1.807, 2.05) is 6.07 Å². The lowest BCUT2D eigenvalue weighted by Crippen LogP contribution is -2.13. The first-order valence-electron chi connectivity index (χ1n) is 6.36. The van der Waals surface area contributed by atoms with Gasteiger partial charge in [-0.3, -0.25) is 4.72 Å². The molecule has 21 heavy (non-hydrogen) atoms. The third-order valence-corrected chi connectivity index (χ3v) is 4.61. The first-order chi connectivity index (χ1) is 10.1. The van der Waals surface area contributed by atoms with Gasteiger partial charge in [-0.2, -0.15) is 0 Å². The highest BCUT2D eigenvalue weighted by Crippen LogP contribution is 2.30. The van der Waals surface area contributed by atoms with Crippen LogP contribution in [0.3, 0.4) is 0 Å². The SMILES string of the molecule is O=S(=O)(Nc1ccccc1)c1cccc2c(O)cccc12. The van der Waals surface area contributed by atoms with Crippen molar-refractivity contribution in [3.8, 4) is 5.75 Å². The third kappa shape index (κ3) is 2.55. The van der Waals surface area contributed by atoms with E-state index in [-0.39, 0.29) is 10.6 Å². The van der Waals surface area contributed by atoms with E-state index in [0.29, 0.717) is 16.5 Å². The van der Waals surface area contributed by atoms with Gasteiger partial charge in [0, 0.05) is 16.5 Å². The van der Waals surface area contributed by atoms with Gasteiger partial charge in [-0.15, -0.1) is 0 Å². The Hall–Kier alpha value is -2.53. The summed E-state index contributed by atoms with van der Waals surface area (Å²) in [4.78, 5) is 0.139. The third-order valence-electron chi connectivity index (χ3n) is 3.17. The molecule has 0 atom stereocenters. The summed E-state index contributed by atoms with van der Waals surface area (Å²) >= 11 is 0. The van der Waals surface area contributed by atoms with Crippen LogP contribution in [0.1, 0.15) is 0 Å². The molecule has 5 heteroatoms. The van der Waals surface area contributed by atoms with Crippen LogP contribution in [0.15, 0.2) is 71.6 Å². The molecule has 0 aliphatic rings. The predicted molar refractivity (Wildman–Crippen MR) is 82.9 cm³/mol. The van der Waals surface area contributed by atoms with Crippen molar-refractivity contribution in [2.45, 2.75) is 4.90 Å². The molecule has 0 aromatic heterocycles. The maximum absolute atomic E-state index is 12.5. The Morgan fingerprint density at radius 1 is 0.762 bits per heavy atom. The van der Waals surface area contributed by atoms with E-state index in [9.17, 15) is 13.5 Å². The number of anilines is 1. The van der Waals surface area contributed by atoms with E-state index in [4.69, 9.17) is 0 Å². The van der Waals surface area contributed by atoms with Crippen molar-refractivity contribution in [2.24, 2.45) is 0 Å². The number of rotatable bonds is 3. The summed E-state index contributed by atoms with van der Waals surface area (Å²) in [6.07, 6.45) is 0. The summed E-state index contributed by atoms with van der Waals surface area (Å²) in [7, 11) is -3.72. The number of phenolic OH excluding ortho intramolecular Hbond substituents is 1. The Morgan fingerprint density at radius 3 is 2.19 bits per heavy atom. The molecule has 0 bridgehead atoms. The molecule has 106 valence electrons. The molecule has 0 aliphatic carbocycles. The minimum absolute atomic E-state index is 0.0595. The Kier molecular flexibility index (Phi) is 3.27. The van der Waals surface area contributed by atoms with Gasteiger partial charge in [0.15, 0.2) is 0 Å². The summed E-state index contributed by atoms with van der Waals surface area (Å²) in [6, 6.07) is 18.3. The zero-order chi connectivity index (χ0) is 14.9. The van der Waals surface area contributed by atoms with Crippen LogP contribution in [0, 0.1) is 0 Å². The molecular weight excluding hydrogens is 286 g/mol. The topological polar surface area (TPSA) is 66.4 Å². The lowest BCUT2D eigenvalue weighted by atomic mass is 10.1. The molecule has 0 saturated heterocycles. The fraction of sp³-hybridized carbons (Fsp3) is 0. The lowest BCUT2D eigenvalue weighted by molar-refractivity contribution is 0.481. The smallest absolute Gasteiger partial charge is 0.262 e. The highest BCUT2D eigenvalue weighted by Gasteiger charge is 2.18. The molecule has 0 radical (unpaired) electrons. The Labute approximate surface area is 122 Å². The summed E-state index contributed by atoms with van der Waals surface area (Å²) in [5.41, 5.74) is 0.495. The standard InChI is InChI=1S/C16H13NO3S/c18-15-10-4-9-14-13(15)8-5-11-16(14)21(19,20)17-12-6-2-1-3-7-12/h1-11,17-18H. The number of hydrogen-bond donors (Lipinski definition) is 2. The van der Waals surface area contributed by atoms with Crippen LogP contribution in [0.5, 0.6) is 5.75 Å². The van der Waals surface area contributed by atoms with E-state index < -0.39 is 10.0 Å². The van der Waals surface area contributed by atoms with E-state index in [1.54, 1.807) is 48.5 Å². The van der Waals surface area contributed by atoms with Crippen molar-refractivity contribution in [3.05, 3.63) is 66.7 Å². The van der Waals surface area contributed by atoms with Gasteiger partial charge < -0.3 is 5.11 Å². The second kappa shape index (κ2) is 5.10. The van der Waals surface area contributed by atoms with Crippen molar-refractivity contribution in [1.82, 2.24) is 0 Å². The molecule has 0 saturated carbocycles. The minimum Gasteiger partial charge on any atom is -0.507 e. The van der Waals surface area contributed by atoms with Crippen molar-refractivity contribution >= 4 is 26.5 Å². The fourth-order valence-electron chi connectivity index (χ4n) is 2.22. The first-order valence-corrected chi connectivity index (χ1v) is 7.85. The van der Waals surface area contributed by atoms with Gasteiger partial charge in [0.05, 0.1) is 4.90 Å². The van der Waals surface area contributed by atoms with Crippen molar-refractivity contribution in [1.29, 1.82) is 0 Å². The van der Waals surface area contributed by atoms with Gasteiger partial charge in [-0.05, 0) is 24.3 Å². The van der Waals surface area contributed by atoms with Crippen molar-refractivity contribution in [2.75, 3.05) is 4.72 Å². The van der Waals surface area contributed by atoms with Gasteiger partial charge in [-0.1, -0.05) is 42.5 Å². The van der Waals surface area contributed by atoms with Crippen LogP contribution in [0.2, 0.25) is 0 Å². The number of phenols is 1. The van der Waals surface area contributed by atoms with E-state index in [2.05, 4.69) is 4.72 Å². The molecule has 0 spiro atoms. The number of nitrogens with one attached hydrogen (secondary N) is 1. The number of hydrogen-bond acceptors (Lipinski definition) is 3. The first kappa shape index (κ1) is 13.5. The van der Waals surface area contributed by atoms with Gasteiger partial charge >= 0.3 is 0 Å². The van der Waals surface area contributed by atoms with Gasteiger partial charge in [0.2, 0.25) is 0 Å². The number of benzene rings is 3.